The second-order valence-electron chi connectivity index (χ2n) is 5.32. The summed E-state index contributed by atoms with van der Waals surface area (Å²) in [5.74, 6) is -0.319. The Balaban J connectivity index is 1.97. The van der Waals surface area contributed by atoms with E-state index in [4.69, 9.17) is 11.6 Å². The molecule has 0 atom stereocenters. The molecule has 2 aromatic carbocycles. The highest BCUT2D eigenvalue weighted by molar-refractivity contribution is 7.89. The average molecular weight is 383 g/mol. The Morgan fingerprint density at radius 3 is 2.44 bits per heavy atom. The molecule has 0 saturated heterocycles. The van der Waals surface area contributed by atoms with Crippen molar-refractivity contribution in [1.29, 1.82) is 0 Å². The Bertz CT molecular complexity index is 851. The second-order valence-corrected chi connectivity index (χ2v) is 7.64. The highest BCUT2D eigenvalue weighted by Crippen LogP contribution is 2.16. The Morgan fingerprint density at radius 2 is 1.84 bits per heavy atom. The lowest BCUT2D eigenvalue weighted by Gasteiger charge is -2.10. The van der Waals surface area contributed by atoms with Crippen molar-refractivity contribution in [3.05, 3.63) is 64.2 Å². The van der Waals surface area contributed by atoms with Gasteiger partial charge in [0.05, 0.1) is 11.5 Å². The SMILES string of the molecule is CNS(=O)(=O)c1ccc(CCNC(=O)c2cc(Cl)ccc2CO)cc1. The zero-order chi connectivity index (χ0) is 18.4. The van der Waals surface area contributed by atoms with Gasteiger partial charge in [-0.25, -0.2) is 13.1 Å². The van der Waals surface area contributed by atoms with Crippen molar-refractivity contribution in [1.82, 2.24) is 10.0 Å². The van der Waals surface area contributed by atoms with Gasteiger partial charge in [-0.15, -0.1) is 0 Å². The number of aliphatic hydroxyl groups is 1. The predicted molar refractivity (Wildman–Crippen MR) is 96.1 cm³/mol. The van der Waals surface area contributed by atoms with E-state index in [1.807, 2.05) is 0 Å². The molecule has 1 amide bonds. The van der Waals surface area contributed by atoms with E-state index in [0.717, 1.165) is 5.56 Å². The predicted octanol–water partition coefficient (Wildman–Crippen LogP) is 1.71. The molecule has 0 heterocycles. The number of sulfonamides is 1. The van der Waals surface area contributed by atoms with Crippen LogP contribution in [-0.2, 0) is 23.1 Å². The van der Waals surface area contributed by atoms with Crippen LogP contribution in [0.2, 0.25) is 5.02 Å². The first-order chi connectivity index (χ1) is 11.9. The van der Waals surface area contributed by atoms with Gasteiger partial charge < -0.3 is 10.4 Å². The van der Waals surface area contributed by atoms with Gasteiger partial charge in [-0.1, -0.05) is 29.8 Å². The Kier molecular flexibility index (Phi) is 6.55. The standard InChI is InChI=1S/C17H19ClN2O4S/c1-19-25(23,24)15-6-2-12(3-7-15)8-9-20-17(22)16-10-14(18)5-4-13(16)11-21/h2-7,10,19,21H,8-9,11H2,1H3,(H,20,22). The minimum absolute atomic E-state index is 0.189. The molecule has 134 valence electrons. The highest BCUT2D eigenvalue weighted by Gasteiger charge is 2.12. The molecular weight excluding hydrogens is 364 g/mol. The quantitative estimate of drug-likeness (QED) is 0.679. The van der Waals surface area contributed by atoms with Gasteiger partial charge in [0.2, 0.25) is 10.0 Å². The van der Waals surface area contributed by atoms with Crippen molar-refractivity contribution in [2.24, 2.45) is 0 Å². The lowest BCUT2D eigenvalue weighted by molar-refractivity contribution is 0.0951. The van der Waals surface area contributed by atoms with E-state index in [0.29, 0.717) is 29.1 Å². The number of carbonyl (C=O) groups is 1. The number of aliphatic hydroxyl groups excluding tert-OH is 1. The molecule has 0 saturated carbocycles. The van der Waals surface area contributed by atoms with Crippen LogP contribution in [0.3, 0.4) is 0 Å². The molecule has 0 aliphatic carbocycles. The van der Waals surface area contributed by atoms with E-state index in [9.17, 15) is 18.3 Å². The summed E-state index contributed by atoms with van der Waals surface area (Å²) >= 11 is 5.90. The van der Waals surface area contributed by atoms with Crippen molar-refractivity contribution in [3.8, 4) is 0 Å². The third-order valence-electron chi connectivity index (χ3n) is 3.69. The fourth-order valence-corrected chi connectivity index (χ4v) is 3.17. The van der Waals surface area contributed by atoms with Crippen LogP contribution in [0, 0.1) is 0 Å². The van der Waals surface area contributed by atoms with Crippen LogP contribution in [0.25, 0.3) is 0 Å². The maximum absolute atomic E-state index is 12.2. The first kappa shape index (κ1) is 19.4. The van der Waals surface area contributed by atoms with E-state index in [1.165, 1.54) is 25.2 Å². The Morgan fingerprint density at radius 1 is 1.16 bits per heavy atom. The average Bonchev–Trinajstić information content (AvgIpc) is 2.62. The van der Waals surface area contributed by atoms with E-state index in [2.05, 4.69) is 10.0 Å². The van der Waals surface area contributed by atoms with Gasteiger partial charge in [-0.2, -0.15) is 0 Å². The van der Waals surface area contributed by atoms with Crippen molar-refractivity contribution in [2.75, 3.05) is 13.6 Å². The summed E-state index contributed by atoms with van der Waals surface area (Å²) in [7, 11) is -2.10. The van der Waals surface area contributed by atoms with Crippen LogP contribution >= 0.6 is 11.6 Å². The van der Waals surface area contributed by atoms with Crippen LogP contribution in [0.4, 0.5) is 0 Å². The molecule has 0 aliphatic heterocycles. The summed E-state index contributed by atoms with van der Waals surface area (Å²) in [5.41, 5.74) is 1.73. The molecule has 0 bridgehead atoms. The van der Waals surface area contributed by atoms with E-state index in [1.54, 1.807) is 24.3 Å². The van der Waals surface area contributed by atoms with Gasteiger partial charge in [0.25, 0.3) is 5.91 Å². The third-order valence-corrected chi connectivity index (χ3v) is 5.35. The summed E-state index contributed by atoms with van der Waals surface area (Å²) in [5, 5.41) is 12.5. The number of benzene rings is 2. The number of hydrogen-bond acceptors (Lipinski definition) is 4. The number of hydrogen-bond donors (Lipinski definition) is 3. The molecule has 0 spiro atoms. The van der Waals surface area contributed by atoms with Crippen molar-refractivity contribution in [3.63, 3.8) is 0 Å². The fourth-order valence-electron chi connectivity index (χ4n) is 2.27. The van der Waals surface area contributed by atoms with Crippen LogP contribution < -0.4 is 10.0 Å². The monoisotopic (exact) mass is 382 g/mol. The zero-order valence-electron chi connectivity index (χ0n) is 13.6. The molecule has 0 aromatic heterocycles. The van der Waals surface area contributed by atoms with Crippen molar-refractivity contribution < 1.29 is 18.3 Å². The van der Waals surface area contributed by atoms with E-state index in [-0.39, 0.29) is 17.4 Å². The molecule has 8 heteroatoms. The molecule has 6 nitrogen and oxygen atoms in total. The second kappa shape index (κ2) is 8.44. The molecule has 2 aromatic rings. The van der Waals surface area contributed by atoms with Crippen LogP contribution in [0.1, 0.15) is 21.5 Å². The number of halogens is 1. The van der Waals surface area contributed by atoms with Crippen molar-refractivity contribution >= 4 is 27.5 Å². The molecule has 25 heavy (non-hydrogen) atoms. The lowest BCUT2D eigenvalue weighted by Crippen LogP contribution is -2.26. The third kappa shape index (κ3) is 5.02. The van der Waals surface area contributed by atoms with Crippen molar-refractivity contribution in [2.45, 2.75) is 17.9 Å². The fraction of sp³-hybridized carbons (Fsp3) is 0.235. The molecule has 0 fully saturated rings. The largest absolute Gasteiger partial charge is 0.392 e. The molecule has 0 radical (unpaired) electrons. The highest BCUT2D eigenvalue weighted by atomic mass is 35.5. The number of amides is 1. The maximum Gasteiger partial charge on any atom is 0.251 e. The lowest BCUT2D eigenvalue weighted by atomic mass is 10.1. The Labute approximate surface area is 151 Å². The van der Waals surface area contributed by atoms with Crippen LogP contribution in [0.5, 0.6) is 0 Å². The minimum Gasteiger partial charge on any atom is -0.392 e. The topological polar surface area (TPSA) is 95.5 Å². The van der Waals surface area contributed by atoms with Gasteiger partial charge in [-0.3, -0.25) is 4.79 Å². The molecular formula is C17H19ClN2O4S. The smallest absolute Gasteiger partial charge is 0.251 e. The summed E-state index contributed by atoms with van der Waals surface area (Å²) in [6.07, 6.45) is 0.542. The summed E-state index contributed by atoms with van der Waals surface area (Å²) < 4.78 is 25.6. The van der Waals surface area contributed by atoms with Gasteiger partial charge >= 0.3 is 0 Å². The maximum atomic E-state index is 12.2. The van der Waals surface area contributed by atoms with Crippen LogP contribution in [0.15, 0.2) is 47.4 Å². The number of nitrogens with one attached hydrogen (secondary N) is 2. The van der Waals surface area contributed by atoms with E-state index < -0.39 is 10.0 Å². The minimum atomic E-state index is -3.45. The summed E-state index contributed by atoms with van der Waals surface area (Å²) in [6.45, 7) is 0.121. The number of carbonyl (C=O) groups excluding carboxylic acids is 1. The van der Waals surface area contributed by atoms with Gasteiger partial charge in [0.1, 0.15) is 0 Å². The van der Waals surface area contributed by atoms with E-state index >= 15 is 0 Å². The number of rotatable bonds is 7. The Hall–Kier alpha value is -1.93. The summed E-state index contributed by atoms with van der Waals surface area (Å²) in [6, 6.07) is 11.2. The molecule has 2 rings (SSSR count). The normalized spacial score (nSPS) is 11.3. The molecule has 0 aliphatic rings. The first-order valence-corrected chi connectivity index (χ1v) is 9.43. The van der Waals surface area contributed by atoms with Gasteiger partial charge in [-0.05, 0) is 48.9 Å². The van der Waals surface area contributed by atoms with Gasteiger partial charge in [0, 0.05) is 17.1 Å². The molecule has 0 unspecified atom stereocenters. The summed E-state index contributed by atoms with van der Waals surface area (Å²) in [4.78, 5) is 12.4. The van der Waals surface area contributed by atoms with Gasteiger partial charge in [0.15, 0.2) is 0 Å². The first-order valence-electron chi connectivity index (χ1n) is 7.57. The molecule has 3 N–H and O–H groups in total. The zero-order valence-corrected chi connectivity index (χ0v) is 15.2. The van der Waals surface area contributed by atoms with Crippen LogP contribution in [-0.4, -0.2) is 33.0 Å².